The average Bonchev–Trinajstić information content (AvgIpc) is 3.86. The van der Waals surface area contributed by atoms with Crippen LogP contribution in [0.3, 0.4) is 0 Å². The lowest BCUT2D eigenvalue weighted by atomic mass is 10.1. The number of hydrogen-bond donors (Lipinski definition) is 2. The monoisotopic (exact) mass is 1030 g/mol. The van der Waals surface area contributed by atoms with Gasteiger partial charge >= 0.3 is 6.16 Å². The molecule has 0 radical (unpaired) electrons. The molecule has 0 amide bonds. The molecule has 2 saturated heterocycles. The molecule has 3 aromatic heterocycles. The third-order valence-corrected chi connectivity index (χ3v) is 16.6. The lowest BCUT2D eigenvalue weighted by Crippen LogP contribution is -2.49. The maximum absolute atomic E-state index is 14.0. The molecule has 5 aromatic rings. The van der Waals surface area contributed by atoms with Crippen LogP contribution < -0.4 is 20.3 Å². The van der Waals surface area contributed by atoms with E-state index in [0.717, 1.165) is 30.7 Å². The van der Waals surface area contributed by atoms with Crippen molar-refractivity contribution in [3.63, 3.8) is 0 Å². The Bertz CT molecular complexity index is 3130. The SMILES string of the molecule is C=C1NC(c2cc(S(=O)(=O)N3CCN(CCOC(=O)OCCN4CCN(S(=O)(=O)c5ccc(OCC)c(-c6nc7c(CCC)nn(C)c7c(=O)[nH]6)c5)CC4)CC3)ccc2OCC)=Nc2c(CCC)nn(C)c21. The van der Waals surface area contributed by atoms with E-state index in [1.807, 2.05) is 37.6 Å². The van der Waals surface area contributed by atoms with Crippen LogP contribution in [0.4, 0.5) is 10.5 Å². The first-order valence-corrected chi connectivity index (χ1v) is 27.3. The predicted octanol–water partition coefficient (Wildman–Crippen LogP) is 3.88. The van der Waals surface area contributed by atoms with Crippen molar-refractivity contribution in [3.8, 4) is 22.9 Å². The average molecular weight is 1030 g/mol. The van der Waals surface area contributed by atoms with Crippen LogP contribution in [0.1, 0.15) is 63.2 Å². The third-order valence-electron chi connectivity index (χ3n) is 12.8. The Balaban J connectivity index is 0.793. The number of aliphatic imine (C=N–C) groups is 1. The normalized spacial score (nSPS) is 16.4. The number of aromatic amines is 1. The number of amidine groups is 1. The molecule has 72 heavy (non-hydrogen) atoms. The summed E-state index contributed by atoms with van der Waals surface area (Å²) in [7, 11) is -4.31. The summed E-state index contributed by atoms with van der Waals surface area (Å²) in [5, 5.41) is 12.4. The highest BCUT2D eigenvalue weighted by molar-refractivity contribution is 7.89. The Labute approximate surface area is 419 Å². The number of benzene rings is 2. The van der Waals surface area contributed by atoms with E-state index in [-0.39, 0.29) is 55.0 Å². The number of carbonyl (C=O) groups is 1. The minimum Gasteiger partial charge on any atom is -0.493 e. The Morgan fingerprint density at radius 1 is 0.708 bits per heavy atom. The quantitative estimate of drug-likeness (QED) is 0.105. The summed E-state index contributed by atoms with van der Waals surface area (Å²) >= 11 is 0. The third kappa shape index (κ3) is 10.9. The Hall–Kier alpha value is -6.18. The summed E-state index contributed by atoms with van der Waals surface area (Å²) in [4.78, 5) is 42.4. The van der Waals surface area contributed by atoms with Crippen LogP contribution >= 0.6 is 0 Å². The number of aryl methyl sites for hydroxylation is 4. The zero-order valence-corrected chi connectivity index (χ0v) is 43.4. The molecule has 388 valence electrons. The molecule has 0 saturated carbocycles. The van der Waals surface area contributed by atoms with Crippen molar-refractivity contribution in [3.05, 3.63) is 76.0 Å². The van der Waals surface area contributed by atoms with Gasteiger partial charge in [0.1, 0.15) is 53.3 Å². The molecule has 2 aromatic carbocycles. The van der Waals surface area contributed by atoms with Crippen LogP contribution in [0.25, 0.3) is 28.1 Å². The van der Waals surface area contributed by atoms with E-state index in [9.17, 15) is 26.4 Å². The highest BCUT2D eigenvalue weighted by Gasteiger charge is 2.33. The van der Waals surface area contributed by atoms with Crippen molar-refractivity contribution < 1.29 is 40.6 Å². The minimum absolute atomic E-state index is 0.0371. The summed E-state index contributed by atoms with van der Waals surface area (Å²) in [6.45, 7) is 16.1. The number of ether oxygens (including phenoxy) is 4. The number of sulfonamides is 2. The highest BCUT2D eigenvalue weighted by atomic mass is 32.2. The summed E-state index contributed by atoms with van der Waals surface area (Å²) < 4.78 is 84.6. The van der Waals surface area contributed by atoms with Gasteiger partial charge in [-0.05, 0) is 63.1 Å². The predicted molar refractivity (Wildman–Crippen MR) is 271 cm³/mol. The largest absolute Gasteiger partial charge is 0.508 e. The van der Waals surface area contributed by atoms with Crippen LogP contribution in [0.5, 0.6) is 11.5 Å². The van der Waals surface area contributed by atoms with E-state index in [0.29, 0.717) is 115 Å². The molecule has 2 N–H and O–H groups in total. The molecule has 2 fully saturated rings. The van der Waals surface area contributed by atoms with Gasteiger partial charge in [0, 0.05) is 79.5 Å². The molecule has 0 aliphatic carbocycles. The van der Waals surface area contributed by atoms with Crippen LogP contribution in [0.15, 0.2) is 62.6 Å². The zero-order chi connectivity index (χ0) is 51.3. The van der Waals surface area contributed by atoms with E-state index < -0.39 is 31.8 Å². The second-order valence-electron chi connectivity index (χ2n) is 17.6. The second kappa shape index (κ2) is 22.3. The number of nitrogens with zero attached hydrogens (tertiary/aromatic N) is 10. The van der Waals surface area contributed by atoms with Gasteiger partial charge in [-0.3, -0.25) is 24.0 Å². The van der Waals surface area contributed by atoms with Gasteiger partial charge in [-0.25, -0.2) is 31.6 Å². The van der Waals surface area contributed by atoms with Crippen molar-refractivity contribution in [2.24, 2.45) is 19.1 Å². The number of carbonyl (C=O) groups excluding carboxylic acids is 1. The first-order chi connectivity index (χ1) is 34.6. The standard InChI is InChI=1S/C48H64N12O10S2/c1-8-12-37-41-43(55(6)53-37)32(5)49-45(50-41)35-30-33(14-16-39(35)67-10-3)71(63,64)59-22-18-57(19-23-59)26-28-69-48(62)70-29-27-58-20-24-60(25-21-58)72(65,66)34-15-17-40(68-11-4)36(31-34)46-51-42-38(13-9-2)54-56(7)44(42)47(61)52-46/h14-17,30-31H,5,8-13,18-29H2,1-4,6-7H3,(H,49,50)(H,51,52,61). The number of nitrogens with one attached hydrogen (secondary N) is 2. The molecule has 3 aliphatic heterocycles. The van der Waals surface area contributed by atoms with Crippen LogP contribution in [0.2, 0.25) is 0 Å². The van der Waals surface area contributed by atoms with Crippen molar-refractivity contribution in [2.75, 3.05) is 91.9 Å². The molecule has 22 nitrogen and oxygen atoms in total. The number of H-pyrrole nitrogens is 1. The number of hydrogen-bond acceptors (Lipinski definition) is 17. The summed E-state index contributed by atoms with van der Waals surface area (Å²) in [5.74, 6) is 1.49. The first kappa shape index (κ1) is 52.2. The molecule has 0 spiro atoms. The fourth-order valence-corrected chi connectivity index (χ4v) is 12.1. The molecular formula is C48H64N12O10S2. The topological polar surface area (TPSA) is 241 Å². The molecule has 0 bridgehead atoms. The molecule has 0 unspecified atom stereocenters. The van der Waals surface area contributed by atoms with Gasteiger partial charge in [0.25, 0.3) is 5.56 Å². The number of rotatable bonds is 20. The van der Waals surface area contributed by atoms with Crippen LogP contribution in [0, 0.1) is 0 Å². The van der Waals surface area contributed by atoms with Gasteiger partial charge in [0.2, 0.25) is 20.0 Å². The number of fused-ring (bicyclic) bond motifs is 2. The second-order valence-corrected chi connectivity index (χ2v) is 21.5. The van der Waals surface area contributed by atoms with Crippen molar-refractivity contribution >= 4 is 54.5 Å². The molecule has 24 heteroatoms. The highest BCUT2D eigenvalue weighted by Crippen LogP contribution is 2.36. The van der Waals surface area contributed by atoms with E-state index in [2.05, 4.69) is 34.0 Å². The van der Waals surface area contributed by atoms with Crippen molar-refractivity contribution in [2.45, 2.75) is 63.2 Å². The maximum Gasteiger partial charge on any atom is 0.508 e. The zero-order valence-electron chi connectivity index (χ0n) is 41.8. The van der Waals surface area contributed by atoms with Gasteiger partial charge in [-0.1, -0.05) is 33.3 Å². The fraction of sp³-hybridized carbons (Fsp3) is 0.500. The first-order valence-electron chi connectivity index (χ1n) is 24.4. The van der Waals surface area contributed by atoms with Gasteiger partial charge < -0.3 is 29.2 Å². The summed E-state index contributed by atoms with van der Waals surface area (Å²) in [5.41, 5.74) is 4.86. The van der Waals surface area contributed by atoms with Crippen molar-refractivity contribution in [1.82, 2.24) is 53.3 Å². The molecule has 8 rings (SSSR count). The van der Waals surface area contributed by atoms with Crippen molar-refractivity contribution in [1.29, 1.82) is 0 Å². The van der Waals surface area contributed by atoms with E-state index in [1.54, 1.807) is 36.0 Å². The smallest absolute Gasteiger partial charge is 0.493 e. The summed E-state index contributed by atoms with van der Waals surface area (Å²) in [6, 6.07) is 9.36. The van der Waals surface area contributed by atoms with Gasteiger partial charge in [0.15, 0.2) is 5.52 Å². The Morgan fingerprint density at radius 3 is 1.76 bits per heavy atom. The molecule has 3 aliphatic rings. The lowest BCUT2D eigenvalue weighted by Gasteiger charge is -2.34. The summed E-state index contributed by atoms with van der Waals surface area (Å²) in [6.07, 6.45) is 2.22. The number of aromatic nitrogens is 6. The molecule has 0 atom stereocenters. The van der Waals surface area contributed by atoms with E-state index >= 15 is 0 Å². The van der Waals surface area contributed by atoms with Crippen LogP contribution in [-0.4, -0.2) is 169 Å². The van der Waals surface area contributed by atoms with E-state index in [1.165, 1.54) is 25.4 Å². The minimum atomic E-state index is -3.95. The number of piperazine rings is 2. The maximum atomic E-state index is 14.0. The van der Waals surface area contributed by atoms with Gasteiger partial charge in [-0.15, -0.1) is 0 Å². The van der Waals surface area contributed by atoms with Crippen LogP contribution in [-0.2, 0) is 56.5 Å². The van der Waals surface area contributed by atoms with Gasteiger partial charge in [-0.2, -0.15) is 18.8 Å². The Kier molecular flexibility index (Phi) is 16.1. The Morgan fingerprint density at radius 2 is 1.22 bits per heavy atom. The lowest BCUT2D eigenvalue weighted by molar-refractivity contribution is 0.0370. The van der Waals surface area contributed by atoms with Gasteiger partial charge in [0.05, 0.1) is 51.2 Å². The molecule has 6 heterocycles. The fourth-order valence-electron chi connectivity index (χ4n) is 9.19. The van der Waals surface area contributed by atoms with E-state index in [4.69, 9.17) is 28.9 Å². The molecular weight excluding hydrogens is 969 g/mol.